The predicted molar refractivity (Wildman–Crippen MR) is 82.5 cm³/mol. The van der Waals surface area contributed by atoms with E-state index in [1.54, 1.807) is 0 Å². The third kappa shape index (κ3) is 2.70. The van der Waals surface area contributed by atoms with Gasteiger partial charge in [0.15, 0.2) is 0 Å². The van der Waals surface area contributed by atoms with E-state index in [0.717, 1.165) is 11.8 Å². The molecule has 0 saturated heterocycles. The molecule has 1 N–H and O–H groups in total. The van der Waals surface area contributed by atoms with Crippen molar-refractivity contribution in [2.75, 3.05) is 21.1 Å². The number of benzene rings is 1. The quantitative estimate of drug-likeness (QED) is 0.845. The third-order valence-electron chi connectivity index (χ3n) is 5.21. The molecule has 0 radical (unpaired) electrons. The van der Waals surface area contributed by atoms with E-state index >= 15 is 0 Å². The van der Waals surface area contributed by atoms with Crippen LogP contribution in [0.4, 0.5) is 0 Å². The van der Waals surface area contributed by atoms with Gasteiger partial charge in [0, 0.05) is 11.6 Å². The Hall–Kier alpha value is -0.860. The van der Waals surface area contributed by atoms with Crippen LogP contribution in [0.2, 0.25) is 0 Å². The van der Waals surface area contributed by atoms with Crippen LogP contribution in [0.5, 0.6) is 0 Å². The Kier molecular flexibility index (Phi) is 4.32. The van der Waals surface area contributed by atoms with Crippen molar-refractivity contribution in [3.05, 3.63) is 35.9 Å². The zero-order valence-electron chi connectivity index (χ0n) is 13.0. The monoisotopic (exact) mass is 260 g/mol. The van der Waals surface area contributed by atoms with Crippen LogP contribution in [0, 0.1) is 5.92 Å². The van der Waals surface area contributed by atoms with Crippen molar-refractivity contribution < 1.29 is 0 Å². The van der Waals surface area contributed by atoms with Gasteiger partial charge >= 0.3 is 0 Å². The van der Waals surface area contributed by atoms with Crippen LogP contribution in [0.1, 0.15) is 38.2 Å². The fraction of sp³-hybridized carbons (Fsp3) is 0.647. The van der Waals surface area contributed by atoms with Crippen LogP contribution in [-0.4, -0.2) is 37.6 Å². The van der Waals surface area contributed by atoms with E-state index in [4.69, 9.17) is 0 Å². The molecule has 1 fully saturated rings. The fourth-order valence-electron chi connectivity index (χ4n) is 3.47. The highest BCUT2D eigenvalue weighted by molar-refractivity contribution is 5.27. The minimum atomic E-state index is 0.225. The summed E-state index contributed by atoms with van der Waals surface area (Å²) in [5.74, 6) is 1.50. The maximum atomic E-state index is 3.59. The molecule has 19 heavy (non-hydrogen) atoms. The van der Waals surface area contributed by atoms with Crippen LogP contribution < -0.4 is 5.32 Å². The summed E-state index contributed by atoms with van der Waals surface area (Å²) in [4.78, 5) is 2.38. The number of rotatable bonds is 6. The van der Waals surface area contributed by atoms with Crippen LogP contribution in [0.15, 0.2) is 30.3 Å². The number of likely N-dealkylation sites (N-methyl/N-ethyl adjacent to an activating group) is 2. The Balaban J connectivity index is 2.13. The third-order valence-corrected chi connectivity index (χ3v) is 5.21. The van der Waals surface area contributed by atoms with Gasteiger partial charge in [0.25, 0.3) is 0 Å². The fourth-order valence-corrected chi connectivity index (χ4v) is 3.47. The van der Waals surface area contributed by atoms with Crippen LogP contribution in [-0.2, 0) is 0 Å². The second kappa shape index (κ2) is 5.64. The lowest BCUT2D eigenvalue weighted by Gasteiger charge is -2.43. The number of nitrogens with one attached hydrogen (secondary N) is 1. The highest BCUT2D eigenvalue weighted by Crippen LogP contribution is 2.52. The second-order valence-electron chi connectivity index (χ2n) is 6.29. The zero-order chi connectivity index (χ0) is 14.0. The minimum Gasteiger partial charge on any atom is -0.315 e. The van der Waals surface area contributed by atoms with Crippen molar-refractivity contribution in [2.45, 2.75) is 44.2 Å². The Bertz CT molecular complexity index is 401. The van der Waals surface area contributed by atoms with Crippen molar-refractivity contribution in [2.24, 2.45) is 5.92 Å². The highest BCUT2D eigenvalue weighted by atomic mass is 15.2. The largest absolute Gasteiger partial charge is 0.315 e. The molecule has 1 aliphatic carbocycles. The molecule has 4 unspecified atom stereocenters. The SMILES string of the molecule is CCC(C)(C(NC)C1CC1c1ccccc1)N(C)C. The van der Waals surface area contributed by atoms with E-state index < -0.39 is 0 Å². The molecule has 0 aromatic heterocycles. The van der Waals surface area contributed by atoms with E-state index in [0.29, 0.717) is 6.04 Å². The molecule has 1 saturated carbocycles. The van der Waals surface area contributed by atoms with Gasteiger partial charge in [-0.05, 0) is 58.3 Å². The van der Waals surface area contributed by atoms with Gasteiger partial charge in [-0.1, -0.05) is 37.3 Å². The van der Waals surface area contributed by atoms with E-state index in [1.807, 2.05) is 0 Å². The first-order chi connectivity index (χ1) is 9.04. The molecule has 2 nitrogen and oxygen atoms in total. The first-order valence-corrected chi connectivity index (χ1v) is 7.44. The van der Waals surface area contributed by atoms with Gasteiger partial charge in [-0.2, -0.15) is 0 Å². The van der Waals surface area contributed by atoms with E-state index in [-0.39, 0.29) is 5.54 Å². The lowest BCUT2D eigenvalue weighted by atomic mass is 9.84. The highest BCUT2D eigenvalue weighted by Gasteiger charge is 2.50. The standard InChI is InChI=1S/C17H28N2/c1-6-17(2,19(4)5)16(18-3)15-12-14(15)13-10-8-7-9-11-13/h7-11,14-16,18H,6,12H2,1-5H3. The molecule has 106 valence electrons. The molecule has 1 aromatic rings. The van der Waals surface area contributed by atoms with E-state index in [2.05, 4.69) is 75.5 Å². The lowest BCUT2D eigenvalue weighted by molar-refractivity contribution is 0.104. The molecule has 0 heterocycles. The van der Waals surface area contributed by atoms with Crippen LogP contribution >= 0.6 is 0 Å². The number of hydrogen-bond acceptors (Lipinski definition) is 2. The lowest BCUT2D eigenvalue weighted by Crippen LogP contribution is -2.57. The molecule has 2 rings (SSSR count). The minimum absolute atomic E-state index is 0.225. The van der Waals surface area contributed by atoms with Gasteiger partial charge in [0.1, 0.15) is 0 Å². The van der Waals surface area contributed by atoms with Gasteiger partial charge in [0.05, 0.1) is 0 Å². The Morgan fingerprint density at radius 2 is 1.95 bits per heavy atom. The Morgan fingerprint density at radius 1 is 1.32 bits per heavy atom. The summed E-state index contributed by atoms with van der Waals surface area (Å²) in [6, 6.07) is 11.5. The zero-order valence-corrected chi connectivity index (χ0v) is 13.0. The summed E-state index contributed by atoms with van der Waals surface area (Å²) >= 11 is 0. The first kappa shape index (κ1) is 14.5. The van der Waals surface area contributed by atoms with Crippen LogP contribution in [0.3, 0.4) is 0 Å². The van der Waals surface area contributed by atoms with Gasteiger partial charge < -0.3 is 10.2 Å². The van der Waals surface area contributed by atoms with E-state index in [1.165, 1.54) is 18.4 Å². The number of hydrogen-bond donors (Lipinski definition) is 1. The molecule has 2 heteroatoms. The Morgan fingerprint density at radius 3 is 2.42 bits per heavy atom. The summed E-state index contributed by atoms with van der Waals surface area (Å²) in [5.41, 5.74) is 1.73. The predicted octanol–water partition coefficient (Wildman–Crippen LogP) is 3.11. The van der Waals surface area contributed by atoms with E-state index in [9.17, 15) is 0 Å². The van der Waals surface area contributed by atoms with Crippen molar-refractivity contribution in [3.63, 3.8) is 0 Å². The topological polar surface area (TPSA) is 15.3 Å². The smallest absolute Gasteiger partial charge is 0.0328 e. The molecule has 4 atom stereocenters. The Labute approximate surface area is 118 Å². The molecular weight excluding hydrogens is 232 g/mol. The van der Waals surface area contributed by atoms with Gasteiger partial charge in [-0.15, -0.1) is 0 Å². The van der Waals surface area contributed by atoms with Gasteiger partial charge in [-0.3, -0.25) is 0 Å². The second-order valence-corrected chi connectivity index (χ2v) is 6.29. The summed E-state index contributed by atoms with van der Waals surface area (Å²) in [5, 5.41) is 3.59. The summed E-state index contributed by atoms with van der Waals surface area (Å²) in [7, 11) is 6.52. The average molecular weight is 260 g/mol. The average Bonchev–Trinajstić information content (AvgIpc) is 3.20. The van der Waals surface area contributed by atoms with Crippen molar-refractivity contribution >= 4 is 0 Å². The van der Waals surface area contributed by atoms with Gasteiger partial charge in [0.2, 0.25) is 0 Å². The van der Waals surface area contributed by atoms with Crippen molar-refractivity contribution in [1.29, 1.82) is 0 Å². The molecule has 0 amide bonds. The van der Waals surface area contributed by atoms with Crippen molar-refractivity contribution in [3.8, 4) is 0 Å². The molecular formula is C17H28N2. The number of nitrogens with zero attached hydrogens (tertiary/aromatic N) is 1. The maximum Gasteiger partial charge on any atom is 0.0328 e. The van der Waals surface area contributed by atoms with Crippen LogP contribution in [0.25, 0.3) is 0 Å². The molecule has 0 aliphatic heterocycles. The van der Waals surface area contributed by atoms with Gasteiger partial charge in [-0.25, -0.2) is 0 Å². The van der Waals surface area contributed by atoms with Crippen molar-refractivity contribution in [1.82, 2.24) is 10.2 Å². The molecule has 1 aliphatic rings. The molecule has 1 aromatic carbocycles. The normalized spacial score (nSPS) is 27.1. The summed E-state index contributed by atoms with van der Waals surface area (Å²) in [6.45, 7) is 4.68. The molecule has 0 spiro atoms. The summed E-state index contributed by atoms with van der Waals surface area (Å²) in [6.07, 6.45) is 2.49. The first-order valence-electron chi connectivity index (χ1n) is 7.44. The summed E-state index contributed by atoms with van der Waals surface area (Å²) < 4.78 is 0. The molecule has 0 bridgehead atoms. The maximum absolute atomic E-state index is 3.59.